The Bertz CT molecular complexity index is 854. The number of sulfonamides is 1. The molecule has 1 N–H and O–H groups in total. The summed E-state index contributed by atoms with van der Waals surface area (Å²) < 4.78 is 24.8. The van der Waals surface area contributed by atoms with Gasteiger partial charge in [-0.25, -0.2) is 12.7 Å². The Hall–Kier alpha value is -2.13. The molecule has 1 aromatic rings. The predicted molar refractivity (Wildman–Crippen MR) is 96.6 cm³/mol. The first-order valence-electron chi connectivity index (χ1n) is 8.30. The lowest BCUT2D eigenvalue weighted by atomic mass is 9.81. The molecule has 2 aliphatic rings. The number of fused-ring (bicyclic) bond motifs is 1. The Labute approximate surface area is 153 Å². The van der Waals surface area contributed by atoms with Crippen LogP contribution in [-0.4, -0.2) is 81.1 Å². The Morgan fingerprint density at radius 1 is 1.23 bits per heavy atom. The predicted octanol–water partition coefficient (Wildman–Crippen LogP) is 0.171. The van der Waals surface area contributed by atoms with Crippen LogP contribution in [0.2, 0.25) is 0 Å². The van der Waals surface area contributed by atoms with Crippen molar-refractivity contribution in [2.24, 2.45) is 11.3 Å². The molecular formula is C17H23N3O5S. The molecule has 8 nitrogen and oxygen atoms in total. The molecule has 2 heterocycles. The number of aliphatic carboxylic acids is 1. The number of benzene rings is 1. The maximum absolute atomic E-state index is 12.9. The first-order chi connectivity index (χ1) is 12.0. The average Bonchev–Trinajstić information content (AvgIpc) is 3.09. The van der Waals surface area contributed by atoms with Crippen LogP contribution in [-0.2, 0) is 14.8 Å². The second kappa shape index (κ2) is 6.24. The summed E-state index contributed by atoms with van der Waals surface area (Å²) in [6.07, 6.45) is 1.08. The summed E-state index contributed by atoms with van der Waals surface area (Å²) in [7, 11) is 0.296. The van der Waals surface area contributed by atoms with Crippen molar-refractivity contribution in [3.05, 3.63) is 29.8 Å². The second-order valence-corrected chi connectivity index (χ2v) is 9.33. The molecule has 2 saturated heterocycles. The highest BCUT2D eigenvalue weighted by atomic mass is 32.2. The van der Waals surface area contributed by atoms with Crippen LogP contribution in [0.5, 0.6) is 0 Å². The molecule has 1 aromatic carbocycles. The minimum Gasteiger partial charge on any atom is -0.481 e. The van der Waals surface area contributed by atoms with E-state index in [1.807, 2.05) is 25.1 Å². The zero-order valence-electron chi connectivity index (χ0n) is 15.0. The van der Waals surface area contributed by atoms with Crippen LogP contribution in [0.25, 0.3) is 0 Å². The van der Waals surface area contributed by atoms with Gasteiger partial charge in [-0.2, -0.15) is 0 Å². The van der Waals surface area contributed by atoms with Crippen molar-refractivity contribution in [3.63, 3.8) is 0 Å². The number of hydrogen-bond donors (Lipinski definition) is 1. The van der Waals surface area contributed by atoms with Crippen molar-refractivity contribution >= 4 is 27.6 Å². The number of nitrogens with zero attached hydrogens (tertiary/aromatic N) is 3. The first kappa shape index (κ1) is 18.7. The van der Waals surface area contributed by atoms with Gasteiger partial charge < -0.3 is 14.9 Å². The summed E-state index contributed by atoms with van der Waals surface area (Å²) >= 11 is 0. The molecule has 0 aliphatic carbocycles. The Morgan fingerprint density at radius 3 is 2.46 bits per heavy atom. The SMILES string of the molecule is CN(C)c1cccc(C(=O)N2C[C@@H]3CN(S(C)(=O)=O)C[C@]3(C(=O)O)C2)c1. The number of likely N-dealkylation sites (tertiary alicyclic amines) is 1. The number of anilines is 1. The van der Waals surface area contributed by atoms with Crippen LogP contribution in [0.3, 0.4) is 0 Å². The molecule has 0 spiro atoms. The third kappa shape index (κ3) is 3.05. The topological polar surface area (TPSA) is 98.2 Å². The third-order valence-corrected chi connectivity index (χ3v) is 6.59. The molecule has 2 aliphatic heterocycles. The van der Waals surface area contributed by atoms with Crippen LogP contribution < -0.4 is 4.90 Å². The van der Waals surface area contributed by atoms with E-state index in [-0.39, 0.29) is 32.1 Å². The molecule has 26 heavy (non-hydrogen) atoms. The Kier molecular flexibility index (Phi) is 4.48. The highest BCUT2D eigenvalue weighted by molar-refractivity contribution is 7.88. The summed E-state index contributed by atoms with van der Waals surface area (Å²) in [6.45, 7) is 0.299. The summed E-state index contributed by atoms with van der Waals surface area (Å²) in [4.78, 5) is 28.3. The third-order valence-electron chi connectivity index (χ3n) is 5.37. The lowest BCUT2D eigenvalue weighted by Crippen LogP contribution is -2.42. The van der Waals surface area contributed by atoms with Crippen LogP contribution >= 0.6 is 0 Å². The normalized spacial score (nSPS) is 26.0. The molecule has 2 atom stereocenters. The molecule has 9 heteroatoms. The average molecular weight is 381 g/mol. The van der Waals surface area contributed by atoms with Crippen molar-refractivity contribution in [2.45, 2.75) is 0 Å². The van der Waals surface area contributed by atoms with Gasteiger partial charge in [0.1, 0.15) is 5.41 Å². The number of carboxylic acid groups (broad SMARTS) is 1. The summed E-state index contributed by atoms with van der Waals surface area (Å²) in [6, 6.07) is 7.16. The van der Waals surface area contributed by atoms with Gasteiger partial charge in [0.15, 0.2) is 0 Å². The number of amides is 1. The van der Waals surface area contributed by atoms with E-state index in [1.54, 1.807) is 18.2 Å². The van der Waals surface area contributed by atoms with Gasteiger partial charge in [0.2, 0.25) is 10.0 Å². The quantitative estimate of drug-likeness (QED) is 0.798. The number of carboxylic acids is 1. The fourth-order valence-corrected chi connectivity index (χ4v) is 4.74. The zero-order valence-corrected chi connectivity index (χ0v) is 15.9. The summed E-state index contributed by atoms with van der Waals surface area (Å²) in [5.41, 5.74) is 0.140. The zero-order chi connectivity index (χ0) is 19.3. The van der Waals surface area contributed by atoms with Gasteiger partial charge in [0, 0.05) is 57.4 Å². The summed E-state index contributed by atoms with van der Waals surface area (Å²) in [5.74, 6) is -1.68. The fraction of sp³-hybridized carbons (Fsp3) is 0.529. The minimum atomic E-state index is -3.46. The van der Waals surface area contributed by atoms with Gasteiger partial charge >= 0.3 is 5.97 Å². The number of rotatable bonds is 4. The Morgan fingerprint density at radius 2 is 1.92 bits per heavy atom. The largest absolute Gasteiger partial charge is 0.481 e. The van der Waals surface area contributed by atoms with Crippen LogP contribution in [0.4, 0.5) is 5.69 Å². The molecule has 0 aromatic heterocycles. The van der Waals surface area contributed by atoms with E-state index in [1.165, 1.54) is 9.21 Å². The van der Waals surface area contributed by atoms with Gasteiger partial charge in [0.05, 0.1) is 6.26 Å². The molecular weight excluding hydrogens is 358 g/mol. The maximum atomic E-state index is 12.9. The molecule has 0 bridgehead atoms. The number of carbonyl (C=O) groups excluding carboxylic acids is 1. The lowest BCUT2D eigenvalue weighted by molar-refractivity contribution is -0.148. The van der Waals surface area contributed by atoms with E-state index in [0.29, 0.717) is 5.56 Å². The molecule has 0 radical (unpaired) electrons. The lowest BCUT2D eigenvalue weighted by Gasteiger charge is -2.25. The van der Waals surface area contributed by atoms with Crippen molar-refractivity contribution in [3.8, 4) is 0 Å². The van der Waals surface area contributed by atoms with Gasteiger partial charge in [-0.05, 0) is 18.2 Å². The summed E-state index contributed by atoms with van der Waals surface area (Å²) in [5, 5.41) is 9.78. The molecule has 142 valence electrons. The monoisotopic (exact) mass is 381 g/mol. The van der Waals surface area contributed by atoms with Gasteiger partial charge in [-0.15, -0.1) is 0 Å². The van der Waals surface area contributed by atoms with Gasteiger partial charge in [-0.1, -0.05) is 6.07 Å². The van der Waals surface area contributed by atoms with Crippen molar-refractivity contribution in [2.75, 3.05) is 51.4 Å². The van der Waals surface area contributed by atoms with Crippen molar-refractivity contribution in [1.82, 2.24) is 9.21 Å². The highest BCUT2D eigenvalue weighted by Gasteiger charge is 2.60. The van der Waals surface area contributed by atoms with Gasteiger partial charge in [0.25, 0.3) is 5.91 Å². The highest BCUT2D eigenvalue weighted by Crippen LogP contribution is 2.44. The maximum Gasteiger partial charge on any atom is 0.313 e. The van der Waals surface area contributed by atoms with E-state index in [2.05, 4.69) is 0 Å². The van der Waals surface area contributed by atoms with Crippen LogP contribution in [0, 0.1) is 11.3 Å². The van der Waals surface area contributed by atoms with Gasteiger partial charge in [-0.3, -0.25) is 9.59 Å². The van der Waals surface area contributed by atoms with Crippen molar-refractivity contribution < 1.29 is 23.1 Å². The van der Waals surface area contributed by atoms with E-state index >= 15 is 0 Å². The second-order valence-electron chi connectivity index (χ2n) is 7.34. The standard InChI is InChI=1S/C17H23N3O5S/c1-18(2)14-6-4-5-12(7-14)15(21)19-8-13-9-20(26(3,24)25)11-17(13,10-19)16(22)23/h4-7,13H,8-11H2,1-3H3,(H,22,23)/t13-,17-/m1/s1. The fourth-order valence-electron chi connectivity index (χ4n) is 3.83. The molecule has 1 amide bonds. The van der Waals surface area contributed by atoms with E-state index in [9.17, 15) is 23.1 Å². The number of carbonyl (C=O) groups is 2. The first-order valence-corrected chi connectivity index (χ1v) is 10.1. The van der Waals surface area contributed by atoms with Crippen LogP contribution in [0.15, 0.2) is 24.3 Å². The van der Waals surface area contributed by atoms with E-state index in [4.69, 9.17) is 0 Å². The minimum absolute atomic E-state index is 0.0179. The number of hydrogen-bond acceptors (Lipinski definition) is 5. The molecule has 0 saturated carbocycles. The Balaban J connectivity index is 1.85. The van der Waals surface area contributed by atoms with Crippen molar-refractivity contribution in [1.29, 1.82) is 0 Å². The molecule has 3 rings (SSSR count). The molecule has 2 fully saturated rings. The van der Waals surface area contributed by atoms with E-state index in [0.717, 1.165) is 11.9 Å². The van der Waals surface area contributed by atoms with E-state index < -0.39 is 27.3 Å². The smallest absolute Gasteiger partial charge is 0.313 e. The molecule has 0 unspecified atom stereocenters. The van der Waals surface area contributed by atoms with Crippen LogP contribution in [0.1, 0.15) is 10.4 Å².